The Kier molecular flexibility index (Phi) is 7.60. The lowest BCUT2D eigenvalue weighted by Gasteiger charge is -2.28. The molecular formula is C28H35N5O3. The normalized spacial score (nSPS) is 20.5. The summed E-state index contributed by atoms with van der Waals surface area (Å²) in [6.07, 6.45) is 12.6. The Morgan fingerprint density at radius 3 is 2.61 bits per heavy atom. The number of hydrogen-bond donors (Lipinski definition) is 0. The average molecular weight is 490 g/mol. The molecule has 8 heteroatoms. The summed E-state index contributed by atoms with van der Waals surface area (Å²) in [6, 6.07) is 10.7. The van der Waals surface area contributed by atoms with Crippen LogP contribution < -0.4 is 5.69 Å². The number of aromatic nitrogens is 4. The highest BCUT2D eigenvalue weighted by molar-refractivity contribution is 5.69. The van der Waals surface area contributed by atoms with E-state index < -0.39 is 0 Å². The van der Waals surface area contributed by atoms with Gasteiger partial charge in [-0.2, -0.15) is 0 Å². The highest BCUT2D eigenvalue weighted by Gasteiger charge is 2.25. The molecule has 8 nitrogen and oxygen atoms in total. The molecule has 0 amide bonds. The smallest absolute Gasteiger partial charge is 0.335 e. The molecule has 1 fully saturated rings. The van der Waals surface area contributed by atoms with E-state index in [4.69, 9.17) is 9.72 Å². The van der Waals surface area contributed by atoms with Crippen LogP contribution in [-0.4, -0.2) is 50.2 Å². The van der Waals surface area contributed by atoms with Gasteiger partial charge in [0.05, 0.1) is 12.8 Å². The van der Waals surface area contributed by atoms with E-state index in [2.05, 4.69) is 34.1 Å². The third-order valence-corrected chi connectivity index (χ3v) is 7.77. The van der Waals surface area contributed by atoms with Crippen LogP contribution in [-0.2, 0) is 28.9 Å². The molecule has 0 unspecified atom stereocenters. The SMILES string of the molecule is COC(=O)CC[C@H]1CC[C@H](n2ccn(-c3ncc4c(n3)CCN(Cc3ccccc3)CC4)c2=O)CC1. The first-order chi connectivity index (χ1) is 17.6. The number of rotatable bonds is 7. The van der Waals surface area contributed by atoms with Crippen LogP contribution in [0.3, 0.4) is 0 Å². The minimum Gasteiger partial charge on any atom is -0.469 e. The van der Waals surface area contributed by atoms with E-state index in [1.165, 1.54) is 18.2 Å². The van der Waals surface area contributed by atoms with Gasteiger partial charge >= 0.3 is 11.7 Å². The second-order valence-electron chi connectivity index (χ2n) is 10.1. The summed E-state index contributed by atoms with van der Waals surface area (Å²) in [4.78, 5) is 36.6. The third-order valence-electron chi connectivity index (χ3n) is 7.77. The lowest BCUT2D eigenvalue weighted by molar-refractivity contribution is -0.141. The van der Waals surface area contributed by atoms with Crippen LogP contribution in [0, 0.1) is 5.92 Å². The predicted molar refractivity (Wildman–Crippen MR) is 137 cm³/mol. The van der Waals surface area contributed by atoms with E-state index >= 15 is 0 Å². The number of fused-ring (bicyclic) bond motifs is 1. The number of imidazole rings is 1. The largest absolute Gasteiger partial charge is 0.469 e. The van der Waals surface area contributed by atoms with E-state index in [0.29, 0.717) is 18.3 Å². The van der Waals surface area contributed by atoms with Crippen LogP contribution in [0.15, 0.2) is 53.7 Å². The molecule has 0 N–H and O–H groups in total. The zero-order valence-corrected chi connectivity index (χ0v) is 21.0. The van der Waals surface area contributed by atoms with E-state index in [0.717, 1.165) is 70.3 Å². The summed E-state index contributed by atoms with van der Waals surface area (Å²) in [6.45, 7) is 2.85. The highest BCUT2D eigenvalue weighted by Crippen LogP contribution is 2.34. The number of ether oxygens (including phenoxy) is 1. The van der Waals surface area contributed by atoms with Gasteiger partial charge in [-0.3, -0.25) is 14.3 Å². The predicted octanol–water partition coefficient (Wildman–Crippen LogP) is 3.71. The number of nitrogens with zero attached hydrogens (tertiary/aromatic N) is 5. The number of methoxy groups -OCH3 is 1. The van der Waals surface area contributed by atoms with Crippen molar-refractivity contribution in [3.63, 3.8) is 0 Å². The number of hydrogen-bond acceptors (Lipinski definition) is 6. The van der Waals surface area contributed by atoms with Crippen molar-refractivity contribution in [3.8, 4) is 5.95 Å². The standard InChI is InChI=1S/C28H35N5O3/c1-36-26(34)12-9-21-7-10-24(11-8-21)32-17-18-33(28(32)35)27-29-19-23-13-15-31(16-14-25(23)30-27)20-22-5-3-2-4-6-22/h2-6,17-19,21,24H,7-16,20H2,1H3/t21-,24-. The molecule has 0 spiro atoms. The molecule has 1 saturated carbocycles. The molecule has 3 heterocycles. The van der Waals surface area contributed by atoms with Crippen LogP contribution in [0.2, 0.25) is 0 Å². The highest BCUT2D eigenvalue weighted by atomic mass is 16.5. The lowest BCUT2D eigenvalue weighted by Crippen LogP contribution is -2.30. The summed E-state index contributed by atoms with van der Waals surface area (Å²) in [5.74, 6) is 0.836. The Morgan fingerprint density at radius 1 is 1.06 bits per heavy atom. The molecule has 0 atom stereocenters. The molecule has 0 saturated heterocycles. The van der Waals surface area contributed by atoms with Crippen molar-refractivity contribution in [1.82, 2.24) is 24.0 Å². The molecule has 5 rings (SSSR count). The number of benzene rings is 1. The second-order valence-corrected chi connectivity index (χ2v) is 10.1. The van der Waals surface area contributed by atoms with E-state index in [-0.39, 0.29) is 17.7 Å². The van der Waals surface area contributed by atoms with Gasteiger partial charge < -0.3 is 4.74 Å². The maximum Gasteiger partial charge on any atom is 0.335 e. The van der Waals surface area contributed by atoms with Gasteiger partial charge in [-0.25, -0.2) is 19.3 Å². The van der Waals surface area contributed by atoms with Gasteiger partial charge in [-0.05, 0) is 55.6 Å². The van der Waals surface area contributed by atoms with Gasteiger partial charge in [0, 0.05) is 57.1 Å². The summed E-state index contributed by atoms with van der Waals surface area (Å²) in [5, 5.41) is 0. The molecule has 3 aromatic rings. The minimum atomic E-state index is -0.143. The molecule has 0 radical (unpaired) electrons. The van der Waals surface area contributed by atoms with Crippen molar-refractivity contribution < 1.29 is 9.53 Å². The monoisotopic (exact) mass is 489 g/mol. The van der Waals surface area contributed by atoms with Gasteiger partial charge in [0.1, 0.15) is 0 Å². The molecule has 190 valence electrons. The lowest BCUT2D eigenvalue weighted by atomic mass is 9.83. The fraction of sp³-hybridized carbons (Fsp3) is 0.500. The molecule has 0 bridgehead atoms. The maximum atomic E-state index is 13.3. The average Bonchev–Trinajstić information content (AvgIpc) is 3.19. The molecular weight excluding hydrogens is 454 g/mol. The molecule has 1 aliphatic heterocycles. The zero-order chi connectivity index (χ0) is 24.9. The van der Waals surface area contributed by atoms with Gasteiger partial charge in [0.15, 0.2) is 0 Å². The summed E-state index contributed by atoms with van der Waals surface area (Å²) in [7, 11) is 1.44. The summed E-state index contributed by atoms with van der Waals surface area (Å²) >= 11 is 0. The zero-order valence-electron chi connectivity index (χ0n) is 21.0. The first kappa shape index (κ1) is 24.4. The third kappa shape index (κ3) is 5.59. The van der Waals surface area contributed by atoms with Gasteiger partial charge in [0.2, 0.25) is 5.95 Å². The number of esters is 1. The van der Waals surface area contributed by atoms with Gasteiger partial charge in [0.25, 0.3) is 0 Å². The maximum absolute atomic E-state index is 13.3. The Hall–Kier alpha value is -3.26. The van der Waals surface area contributed by atoms with Crippen molar-refractivity contribution >= 4 is 5.97 Å². The van der Waals surface area contributed by atoms with E-state index in [1.807, 2.05) is 23.0 Å². The first-order valence-corrected chi connectivity index (χ1v) is 13.1. The second kappa shape index (κ2) is 11.2. The molecule has 2 aromatic heterocycles. The Balaban J connectivity index is 1.23. The fourth-order valence-corrected chi connectivity index (χ4v) is 5.58. The quantitative estimate of drug-likeness (QED) is 0.471. The van der Waals surface area contributed by atoms with Crippen LogP contribution in [0.5, 0.6) is 0 Å². The van der Waals surface area contributed by atoms with Gasteiger partial charge in [-0.1, -0.05) is 30.3 Å². The van der Waals surface area contributed by atoms with Crippen molar-refractivity contribution in [2.24, 2.45) is 5.92 Å². The van der Waals surface area contributed by atoms with Crippen molar-refractivity contribution in [1.29, 1.82) is 0 Å². The topological polar surface area (TPSA) is 82.2 Å². The van der Waals surface area contributed by atoms with Crippen LogP contribution in [0.1, 0.15) is 61.4 Å². The van der Waals surface area contributed by atoms with Crippen molar-refractivity contribution in [3.05, 3.63) is 76.2 Å². The van der Waals surface area contributed by atoms with Crippen LogP contribution in [0.4, 0.5) is 0 Å². The van der Waals surface area contributed by atoms with E-state index in [1.54, 1.807) is 10.8 Å². The van der Waals surface area contributed by atoms with Crippen LogP contribution >= 0.6 is 0 Å². The summed E-state index contributed by atoms with van der Waals surface area (Å²) < 4.78 is 8.18. The molecule has 36 heavy (non-hydrogen) atoms. The molecule has 1 aromatic carbocycles. The van der Waals surface area contributed by atoms with Crippen molar-refractivity contribution in [2.75, 3.05) is 20.2 Å². The molecule has 2 aliphatic rings. The van der Waals surface area contributed by atoms with Crippen LogP contribution in [0.25, 0.3) is 5.95 Å². The summed E-state index contributed by atoms with van der Waals surface area (Å²) in [5.41, 5.74) is 3.46. The Morgan fingerprint density at radius 2 is 1.83 bits per heavy atom. The fourth-order valence-electron chi connectivity index (χ4n) is 5.58. The first-order valence-electron chi connectivity index (χ1n) is 13.1. The molecule has 1 aliphatic carbocycles. The number of carbonyl (C=O) groups excluding carboxylic acids is 1. The number of carbonyl (C=O) groups is 1. The van der Waals surface area contributed by atoms with Gasteiger partial charge in [-0.15, -0.1) is 0 Å². The van der Waals surface area contributed by atoms with Crippen molar-refractivity contribution in [2.45, 2.75) is 64.0 Å². The Bertz CT molecular complexity index is 1230. The van der Waals surface area contributed by atoms with E-state index in [9.17, 15) is 9.59 Å². The Labute approximate surface area is 211 Å². The minimum absolute atomic E-state index is 0.0766.